The van der Waals surface area contributed by atoms with Gasteiger partial charge in [0.25, 0.3) is 5.91 Å². The van der Waals surface area contributed by atoms with Crippen LogP contribution in [0.1, 0.15) is 39.3 Å². The van der Waals surface area contributed by atoms with E-state index in [1.54, 1.807) is 13.0 Å². The lowest BCUT2D eigenvalue weighted by molar-refractivity contribution is -0.137. The Balaban J connectivity index is 1.85. The molecule has 26 heavy (non-hydrogen) atoms. The fourth-order valence-corrected chi connectivity index (χ4v) is 4.17. The Labute approximate surface area is 157 Å². The number of rotatable bonds is 3. The topological polar surface area (TPSA) is 29.1 Å². The Kier molecular flexibility index (Phi) is 4.99. The lowest BCUT2D eigenvalue weighted by atomic mass is 10.0. The Hall–Kier alpha value is -2.05. The van der Waals surface area contributed by atoms with Gasteiger partial charge in [0.1, 0.15) is 4.88 Å². The van der Waals surface area contributed by atoms with Crippen molar-refractivity contribution in [1.82, 2.24) is 5.32 Å². The molecule has 1 amide bonds. The molecule has 0 aliphatic carbocycles. The van der Waals surface area contributed by atoms with Gasteiger partial charge < -0.3 is 5.32 Å². The Morgan fingerprint density at radius 2 is 1.92 bits per heavy atom. The maximum absolute atomic E-state index is 12.9. The molecule has 7 heteroatoms. The molecule has 0 unspecified atom stereocenters. The van der Waals surface area contributed by atoms with Crippen molar-refractivity contribution in [1.29, 1.82) is 0 Å². The van der Waals surface area contributed by atoms with E-state index < -0.39 is 23.7 Å². The number of nitrogens with one attached hydrogen (secondary N) is 1. The summed E-state index contributed by atoms with van der Waals surface area (Å²) in [5.41, 5.74) is 0.687. The zero-order valence-corrected chi connectivity index (χ0v) is 15.5. The first-order valence-corrected chi connectivity index (χ1v) is 9.03. The standard InChI is InChI=1S/C19H15ClF3NOS/c1-10-6-7-14-15(8-10)26-17(16(14)20)18(25)24-11(2)12-4-3-5-13(9-12)19(21,22)23/h3-9,11H,1-2H3,(H,24,25)/t11-/m1/s1. The summed E-state index contributed by atoms with van der Waals surface area (Å²) in [5.74, 6) is -0.404. The number of benzene rings is 2. The van der Waals surface area contributed by atoms with Crippen molar-refractivity contribution in [3.63, 3.8) is 0 Å². The van der Waals surface area contributed by atoms with Crippen LogP contribution >= 0.6 is 22.9 Å². The van der Waals surface area contributed by atoms with Gasteiger partial charge in [0.15, 0.2) is 0 Å². The van der Waals surface area contributed by atoms with Gasteiger partial charge in [-0.1, -0.05) is 35.9 Å². The third kappa shape index (κ3) is 3.71. The van der Waals surface area contributed by atoms with E-state index in [1.807, 2.05) is 25.1 Å². The Morgan fingerprint density at radius 3 is 2.62 bits per heavy atom. The number of halogens is 4. The van der Waals surface area contributed by atoms with Gasteiger partial charge in [0.2, 0.25) is 0 Å². The second-order valence-electron chi connectivity index (χ2n) is 6.06. The van der Waals surface area contributed by atoms with E-state index in [9.17, 15) is 18.0 Å². The molecule has 0 radical (unpaired) electrons. The summed E-state index contributed by atoms with van der Waals surface area (Å²) in [6.07, 6.45) is -4.42. The van der Waals surface area contributed by atoms with Crippen LogP contribution in [0.4, 0.5) is 13.2 Å². The maximum atomic E-state index is 12.9. The molecule has 2 nitrogen and oxygen atoms in total. The molecule has 0 saturated heterocycles. The smallest absolute Gasteiger partial charge is 0.345 e. The van der Waals surface area contributed by atoms with Gasteiger partial charge in [0.05, 0.1) is 16.6 Å². The van der Waals surface area contributed by atoms with E-state index in [-0.39, 0.29) is 0 Å². The lowest BCUT2D eigenvalue weighted by Gasteiger charge is -2.16. The molecular formula is C19H15ClF3NOS. The third-order valence-corrected chi connectivity index (χ3v) is 5.71. The molecule has 0 saturated carbocycles. The second-order valence-corrected chi connectivity index (χ2v) is 7.49. The van der Waals surface area contributed by atoms with Crippen LogP contribution in [-0.2, 0) is 6.18 Å². The van der Waals surface area contributed by atoms with E-state index in [0.29, 0.717) is 15.5 Å². The highest BCUT2D eigenvalue weighted by molar-refractivity contribution is 7.21. The van der Waals surface area contributed by atoms with Crippen LogP contribution < -0.4 is 5.32 Å². The van der Waals surface area contributed by atoms with E-state index in [4.69, 9.17) is 11.6 Å². The van der Waals surface area contributed by atoms with Crippen LogP contribution in [0, 0.1) is 6.92 Å². The monoisotopic (exact) mass is 397 g/mol. The highest BCUT2D eigenvalue weighted by Crippen LogP contribution is 2.36. The van der Waals surface area contributed by atoms with Crippen molar-refractivity contribution >= 4 is 38.9 Å². The van der Waals surface area contributed by atoms with Gasteiger partial charge in [-0.05, 0) is 43.2 Å². The molecule has 0 fully saturated rings. The molecule has 3 rings (SSSR count). The first-order chi connectivity index (χ1) is 12.2. The van der Waals surface area contributed by atoms with Crippen molar-refractivity contribution in [2.75, 3.05) is 0 Å². The van der Waals surface area contributed by atoms with Gasteiger partial charge >= 0.3 is 6.18 Å². The third-order valence-electron chi connectivity index (χ3n) is 4.05. The number of carbonyl (C=O) groups is 1. The molecule has 0 spiro atoms. The van der Waals surface area contributed by atoms with Gasteiger partial charge in [-0.3, -0.25) is 4.79 Å². The Bertz CT molecular complexity index is 981. The first kappa shape index (κ1) is 18.7. The van der Waals surface area contributed by atoms with Crippen LogP contribution in [0.15, 0.2) is 42.5 Å². The molecule has 136 valence electrons. The van der Waals surface area contributed by atoms with Gasteiger partial charge in [-0.15, -0.1) is 11.3 Å². The number of amides is 1. The highest BCUT2D eigenvalue weighted by atomic mass is 35.5. The van der Waals surface area contributed by atoms with Crippen molar-refractivity contribution in [2.45, 2.75) is 26.1 Å². The first-order valence-electron chi connectivity index (χ1n) is 7.83. The summed E-state index contributed by atoms with van der Waals surface area (Å²) < 4.78 is 39.5. The zero-order valence-electron chi connectivity index (χ0n) is 13.9. The number of hydrogen-bond acceptors (Lipinski definition) is 2. The van der Waals surface area contributed by atoms with Crippen molar-refractivity contribution < 1.29 is 18.0 Å². The molecule has 2 aromatic carbocycles. The summed E-state index contributed by atoms with van der Waals surface area (Å²) >= 11 is 7.59. The minimum atomic E-state index is -4.42. The van der Waals surface area contributed by atoms with Crippen LogP contribution in [0.3, 0.4) is 0 Å². The molecule has 3 aromatic rings. The minimum absolute atomic E-state index is 0.353. The normalized spacial score (nSPS) is 13.0. The van der Waals surface area contributed by atoms with Crippen molar-refractivity contribution in [3.05, 3.63) is 69.1 Å². The largest absolute Gasteiger partial charge is 0.416 e. The predicted octanol–water partition coefficient (Wildman–Crippen LogP) is 6.37. The van der Waals surface area contributed by atoms with Gasteiger partial charge in [-0.2, -0.15) is 13.2 Å². The zero-order chi connectivity index (χ0) is 19.1. The Morgan fingerprint density at radius 1 is 1.19 bits per heavy atom. The van der Waals surface area contributed by atoms with E-state index in [2.05, 4.69) is 5.32 Å². The van der Waals surface area contributed by atoms with Crippen LogP contribution in [-0.4, -0.2) is 5.91 Å². The summed E-state index contributed by atoms with van der Waals surface area (Å²) in [6, 6.07) is 10.0. The highest BCUT2D eigenvalue weighted by Gasteiger charge is 2.31. The summed E-state index contributed by atoms with van der Waals surface area (Å²) in [4.78, 5) is 12.9. The van der Waals surface area contributed by atoms with Gasteiger partial charge in [-0.25, -0.2) is 0 Å². The molecule has 1 aromatic heterocycles. The summed E-state index contributed by atoms with van der Waals surface area (Å²) in [7, 11) is 0. The number of hydrogen-bond donors (Lipinski definition) is 1. The molecule has 0 aliphatic rings. The van der Waals surface area contributed by atoms with E-state index in [1.165, 1.54) is 17.4 Å². The molecule has 0 bridgehead atoms. The van der Waals surface area contributed by atoms with E-state index >= 15 is 0 Å². The number of fused-ring (bicyclic) bond motifs is 1. The lowest BCUT2D eigenvalue weighted by Crippen LogP contribution is -2.26. The van der Waals surface area contributed by atoms with Crippen LogP contribution in [0.25, 0.3) is 10.1 Å². The minimum Gasteiger partial charge on any atom is -0.345 e. The fraction of sp³-hybridized carbons (Fsp3) is 0.211. The second kappa shape index (κ2) is 6.93. The SMILES string of the molecule is Cc1ccc2c(Cl)c(C(=O)N[C@H](C)c3cccc(C(F)(F)F)c3)sc2c1. The fourth-order valence-electron chi connectivity index (χ4n) is 2.65. The predicted molar refractivity (Wildman–Crippen MR) is 98.9 cm³/mol. The maximum Gasteiger partial charge on any atom is 0.416 e. The molecule has 1 N–H and O–H groups in total. The molecule has 1 atom stereocenters. The number of thiophene rings is 1. The molecule has 0 aliphatic heterocycles. The average molecular weight is 398 g/mol. The average Bonchev–Trinajstić information content (AvgIpc) is 2.90. The quantitative estimate of drug-likeness (QED) is 0.546. The van der Waals surface area contributed by atoms with Crippen molar-refractivity contribution in [3.8, 4) is 0 Å². The van der Waals surface area contributed by atoms with E-state index in [0.717, 1.165) is 27.8 Å². The van der Waals surface area contributed by atoms with Crippen LogP contribution in [0.5, 0.6) is 0 Å². The number of aryl methyl sites for hydroxylation is 1. The van der Waals surface area contributed by atoms with Crippen molar-refractivity contribution in [2.24, 2.45) is 0 Å². The summed E-state index contributed by atoms with van der Waals surface area (Å²) in [6.45, 7) is 3.58. The number of alkyl halides is 3. The molecule has 1 heterocycles. The van der Waals surface area contributed by atoms with Gasteiger partial charge in [0, 0.05) is 10.1 Å². The summed E-state index contributed by atoms with van der Waals surface area (Å²) in [5, 5.41) is 3.88. The number of carbonyl (C=O) groups excluding carboxylic acids is 1. The van der Waals surface area contributed by atoms with Crippen LogP contribution in [0.2, 0.25) is 5.02 Å². The molecular weight excluding hydrogens is 383 g/mol.